The predicted molar refractivity (Wildman–Crippen MR) is 75.7 cm³/mol. The third-order valence-corrected chi connectivity index (χ3v) is 3.07. The Labute approximate surface area is 120 Å². The average molecular weight is 300 g/mol. The van der Waals surface area contributed by atoms with Crippen molar-refractivity contribution in [2.75, 3.05) is 6.54 Å². The van der Waals surface area contributed by atoms with E-state index in [0.29, 0.717) is 28.8 Å². The maximum absolute atomic E-state index is 13.8. The number of hydrogen-bond acceptors (Lipinski definition) is 2. The van der Waals surface area contributed by atoms with Gasteiger partial charge in [-0.1, -0.05) is 29.3 Å². The first-order valence-corrected chi connectivity index (χ1v) is 6.47. The van der Waals surface area contributed by atoms with E-state index in [9.17, 15) is 4.39 Å². The van der Waals surface area contributed by atoms with Crippen LogP contribution in [0.1, 0.15) is 5.56 Å². The van der Waals surface area contributed by atoms with Gasteiger partial charge in [0.1, 0.15) is 5.75 Å². The van der Waals surface area contributed by atoms with Crippen LogP contribution >= 0.6 is 23.2 Å². The van der Waals surface area contributed by atoms with Gasteiger partial charge in [0.05, 0.1) is 5.02 Å². The molecule has 0 aliphatic carbocycles. The highest BCUT2D eigenvalue weighted by Gasteiger charge is 2.09. The fourth-order valence-corrected chi connectivity index (χ4v) is 2.07. The molecule has 0 bridgehead atoms. The molecule has 0 saturated carbocycles. The lowest BCUT2D eigenvalue weighted by molar-refractivity contribution is 0.442. The van der Waals surface area contributed by atoms with E-state index >= 15 is 0 Å². The van der Waals surface area contributed by atoms with Gasteiger partial charge in [-0.05, 0) is 48.9 Å². The Morgan fingerprint density at radius 2 is 1.79 bits per heavy atom. The van der Waals surface area contributed by atoms with Crippen molar-refractivity contribution in [2.45, 2.75) is 6.42 Å². The van der Waals surface area contributed by atoms with Gasteiger partial charge in [0, 0.05) is 5.02 Å². The molecule has 2 rings (SSSR count). The van der Waals surface area contributed by atoms with Crippen molar-refractivity contribution < 1.29 is 9.13 Å². The van der Waals surface area contributed by atoms with Crippen LogP contribution in [0.3, 0.4) is 0 Å². The second-order valence-corrected chi connectivity index (χ2v) is 4.82. The monoisotopic (exact) mass is 299 g/mol. The van der Waals surface area contributed by atoms with Gasteiger partial charge in [0.15, 0.2) is 11.6 Å². The second kappa shape index (κ2) is 6.24. The smallest absolute Gasteiger partial charge is 0.165 e. The Balaban J connectivity index is 2.23. The summed E-state index contributed by atoms with van der Waals surface area (Å²) in [7, 11) is 0. The van der Waals surface area contributed by atoms with Crippen LogP contribution in [0.4, 0.5) is 4.39 Å². The molecule has 0 amide bonds. The van der Waals surface area contributed by atoms with Gasteiger partial charge in [-0.15, -0.1) is 0 Å². The molecule has 2 aromatic carbocycles. The Morgan fingerprint density at radius 1 is 1.05 bits per heavy atom. The molecule has 5 heteroatoms. The van der Waals surface area contributed by atoms with Crippen LogP contribution in [0.25, 0.3) is 0 Å². The third-order valence-electron chi connectivity index (χ3n) is 2.54. The van der Waals surface area contributed by atoms with E-state index < -0.39 is 5.82 Å². The first-order valence-electron chi connectivity index (χ1n) is 5.71. The zero-order chi connectivity index (χ0) is 13.8. The van der Waals surface area contributed by atoms with E-state index in [2.05, 4.69) is 0 Å². The van der Waals surface area contributed by atoms with Crippen molar-refractivity contribution in [1.82, 2.24) is 0 Å². The molecular weight excluding hydrogens is 288 g/mol. The molecule has 2 N–H and O–H groups in total. The van der Waals surface area contributed by atoms with Crippen LogP contribution in [-0.2, 0) is 6.42 Å². The first kappa shape index (κ1) is 14.1. The van der Waals surface area contributed by atoms with Crippen LogP contribution in [-0.4, -0.2) is 6.54 Å². The van der Waals surface area contributed by atoms with Crippen molar-refractivity contribution >= 4 is 23.2 Å². The van der Waals surface area contributed by atoms with E-state index in [1.54, 1.807) is 30.3 Å². The molecule has 0 aliphatic rings. The molecule has 0 atom stereocenters. The minimum Gasteiger partial charge on any atom is -0.453 e. The predicted octanol–water partition coefficient (Wildman–Crippen LogP) is 4.43. The van der Waals surface area contributed by atoms with Crippen LogP contribution in [0.15, 0.2) is 36.4 Å². The Morgan fingerprint density at radius 3 is 2.42 bits per heavy atom. The van der Waals surface area contributed by atoms with Crippen LogP contribution in [0, 0.1) is 5.82 Å². The Bertz CT molecular complexity index is 590. The van der Waals surface area contributed by atoms with Gasteiger partial charge >= 0.3 is 0 Å². The molecular formula is C14H12Cl2FNO. The number of rotatable bonds is 4. The molecule has 0 aliphatic heterocycles. The van der Waals surface area contributed by atoms with E-state index in [1.807, 2.05) is 0 Å². The molecule has 0 unspecified atom stereocenters. The second-order valence-electron chi connectivity index (χ2n) is 3.98. The topological polar surface area (TPSA) is 35.2 Å². The summed E-state index contributed by atoms with van der Waals surface area (Å²) < 4.78 is 19.3. The molecule has 0 radical (unpaired) electrons. The largest absolute Gasteiger partial charge is 0.453 e. The summed E-state index contributed by atoms with van der Waals surface area (Å²) in [5.74, 6) is 0.0264. The number of benzene rings is 2. The molecule has 0 saturated heterocycles. The minimum atomic E-state index is -0.447. The highest BCUT2D eigenvalue weighted by atomic mass is 35.5. The van der Waals surface area contributed by atoms with Crippen molar-refractivity contribution in [2.24, 2.45) is 5.73 Å². The Kier molecular flexibility index (Phi) is 4.64. The quantitative estimate of drug-likeness (QED) is 0.906. The van der Waals surface area contributed by atoms with Crippen LogP contribution < -0.4 is 10.5 Å². The SMILES string of the molecule is NCCc1ccc(Oc2ccc(Cl)cc2Cl)c(F)c1. The van der Waals surface area contributed by atoms with Gasteiger partial charge in [0.2, 0.25) is 0 Å². The molecule has 0 spiro atoms. The van der Waals surface area contributed by atoms with Gasteiger partial charge < -0.3 is 10.5 Å². The highest BCUT2D eigenvalue weighted by molar-refractivity contribution is 6.35. The number of nitrogens with two attached hydrogens (primary N) is 1. The van der Waals surface area contributed by atoms with E-state index in [-0.39, 0.29) is 5.75 Å². The minimum absolute atomic E-state index is 0.116. The summed E-state index contributed by atoms with van der Waals surface area (Å²) in [5, 5.41) is 0.828. The standard InChI is InChI=1S/C14H12Cl2FNO/c15-10-2-4-13(11(16)8-10)19-14-3-1-9(5-6-18)7-12(14)17/h1-4,7-8H,5-6,18H2. The number of halogens is 3. The zero-order valence-electron chi connectivity index (χ0n) is 10.00. The normalized spacial score (nSPS) is 10.5. The summed E-state index contributed by atoms with van der Waals surface area (Å²) in [6.07, 6.45) is 0.624. The molecule has 0 fully saturated rings. The van der Waals surface area contributed by atoms with Crippen molar-refractivity contribution in [3.63, 3.8) is 0 Å². The van der Waals surface area contributed by atoms with Gasteiger partial charge in [0.25, 0.3) is 0 Å². The fraction of sp³-hybridized carbons (Fsp3) is 0.143. The molecule has 2 nitrogen and oxygen atoms in total. The maximum Gasteiger partial charge on any atom is 0.165 e. The number of hydrogen-bond donors (Lipinski definition) is 1. The lowest BCUT2D eigenvalue weighted by atomic mass is 10.1. The third kappa shape index (κ3) is 3.60. The van der Waals surface area contributed by atoms with E-state index in [4.69, 9.17) is 33.7 Å². The summed E-state index contributed by atoms with van der Waals surface area (Å²) in [5.41, 5.74) is 6.25. The van der Waals surface area contributed by atoms with Gasteiger partial charge in [-0.25, -0.2) is 4.39 Å². The zero-order valence-corrected chi connectivity index (χ0v) is 11.5. The van der Waals surface area contributed by atoms with Crippen molar-refractivity contribution in [3.8, 4) is 11.5 Å². The van der Waals surface area contributed by atoms with E-state index in [0.717, 1.165) is 5.56 Å². The van der Waals surface area contributed by atoms with Crippen LogP contribution in [0.5, 0.6) is 11.5 Å². The summed E-state index contributed by atoms with van der Waals surface area (Å²) in [4.78, 5) is 0. The van der Waals surface area contributed by atoms with E-state index in [1.165, 1.54) is 6.07 Å². The molecule has 0 aromatic heterocycles. The van der Waals surface area contributed by atoms with Gasteiger partial charge in [-0.3, -0.25) is 0 Å². The van der Waals surface area contributed by atoms with Crippen molar-refractivity contribution in [1.29, 1.82) is 0 Å². The summed E-state index contributed by atoms with van der Waals surface area (Å²) >= 11 is 11.7. The Hall–Kier alpha value is -1.29. The molecule has 0 heterocycles. The average Bonchev–Trinajstić information content (AvgIpc) is 2.36. The maximum atomic E-state index is 13.8. The first-order chi connectivity index (χ1) is 9.10. The van der Waals surface area contributed by atoms with Gasteiger partial charge in [-0.2, -0.15) is 0 Å². The molecule has 19 heavy (non-hydrogen) atoms. The van der Waals surface area contributed by atoms with Crippen LogP contribution in [0.2, 0.25) is 10.0 Å². The number of ether oxygens (including phenoxy) is 1. The highest BCUT2D eigenvalue weighted by Crippen LogP contribution is 2.32. The fourth-order valence-electron chi connectivity index (χ4n) is 1.63. The lowest BCUT2D eigenvalue weighted by Crippen LogP contribution is -2.03. The molecule has 100 valence electrons. The van der Waals surface area contributed by atoms with Crippen molar-refractivity contribution in [3.05, 3.63) is 57.8 Å². The summed E-state index contributed by atoms with van der Waals surface area (Å²) in [6.45, 7) is 0.475. The molecule has 2 aromatic rings. The lowest BCUT2D eigenvalue weighted by Gasteiger charge is -2.09. The summed E-state index contributed by atoms with van der Waals surface area (Å²) in [6, 6.07) is 9.51.